The summed E-state index contributed by atoms with van der Waals surface area (Å²) in [6.45, 7) is 0.968. The van der Waals surface area contributed by atoms with Crippen molar-refractivity contribution in [2.75, 3.05) is 20.2 Å². The van der Waals surface area contributed by atoms with E-state index in [2.05, 4.69) is 29.6 Å². The molecule has 0 bridgehead atoms. The van der Waals surface area contributed by atoms with E-state index in [0.29, 0.717) is 19.5 Å². The van der Waals surface area contributed by atoms with E-state index in [0.717, 1.165) is 11.5 Å². The first kappa shape index (κ1) is 15.7. The van der Waals surface area contributed by atoms with Gasteiger partial charge in [-0.05, 0) is 29.9 Å². The Hall–Kier alpha value is -1.65. The van der Waals surface area contributed by atoms with Gasteiger partial charge in [0.05, 0.1) is 0 Å². The molecule has 1 saturated carbocycles. The molecular weight excluding hydrogens is 264 g/mol. The van der Waals surface area contributed by atoms with E-state index >= 15 is 0 Å². The summed E-state index contributed by atoms with van der Waals surface area (Å²) < 4.78 is 5.33. The lowest BCUT2D eigenvalue weighted by atomic mass is 10.0. The molecule has 1 aliphatic rings. The van der Waals surface area contributed by atoms with Gasteiger partial charge in [-0.1, -0.05) is 36.4 Å². The minimum absolute atomic E-state index is 0.0870. The van der Waals surface area contributed by atoms with Gasteiger partial charge in [0.1, 0.15) is 6.10 Å². The number of hydrogen-bond acceptors (Lipinski definition) is 3. The number of nitrogens with one attached hydrogen (secondary N) is 1. The van der Waals surface area contributed by atoms with Crippen molar-refractivity contribution in [3.05, 3.63) is 47.5 Å². The Bertz CT molecular complexity index is 495. The highest BCUT2D eigenvalue weighted by Gasteiger charge is 2.24. The standard InChI is InChI=1S/C17H24N2O2/c1-21-16(17(20)19-10-3-2-9-18)12-13-5-4-6-15(11-13)14-7-8-14/h2-6,11,14,16H,7-10,12,18H2,1H3,(H,19,20). The van der Waals surface area contributed by atoms with E-state index in [-0.39, 0.29) is 5.91 Å². The highest BCUT2D eigenvalue weighted by atomic mass is 16.5. The van der Waals surface area contributed by atoms with E-state index in [4.69, 9.17) is 10.5 Å². The minimum atomic E-state index is -0.453. The number of hydrogen-bond donors (Lipinski definition) is 2. The molecule has 1 amide bonds. The summed E-state index contributed by atoms with van der Waals surface area (Å²) >= 11 is 0. The molecule has 4 nitrogen and oxygen atoms in total. The van der Waals surface area contributed by atoms with Crippen LogP contribution in [0.5, 0.6) is 0 Å². The lowest BCUT2D eigenvalue weighted by Crippen LogP contribution is -2.37. The van der Waals surface area contributed by atoms with Crippen molar-refractivity contribution in [1.82, 2.24) is 5.32 Å². The SMILES string of the molecule is COC(Cc1cccc(C2CC2)c1)C(=O)NCC=CCN. The first-order valence-electron chi connectivity index (χ1n) is 7.49. The number of amides is 1. The number of methoxy groups -OCH3 is 1. The van der Waals surface area contributed by atoms with Crippen molar-refractivity contribution in [2.24, 2.45) is 5.73 Å². The van der Waals surface area contributed by atoms with Gasteiger partial charge in [0.2, 0.25) is 5.91 Å². The average Bonchev–Trinajstić information content (AvgIpc) is 3.34. The second-order valence-corrected chi connectivity index (χ2v) is 5.40. The number of rotatable bonds is 8. The maximum Gasteiger partial charge on any atom is 0.249 e. The predicted octanol–water partition coefficient (Wildman–Crippen LogP) is 1.75. The molecule has 114 valence electrons. The number of ether oxygens (including phenoxy) is 1. The largest absolute Gasteiger partial charge is 0.371 e. The summed E-state index contributed by atoms with van der Waals surface area (Å²) in [4.78, 5) is 12.1. The molecule has 0 aromatic heterocycles. The lowest BCUT2D eigenvalue weighted by molar-refractivity contribution is -0.130. The van der Waals surface area contributed by atoms with Crippen LogP contribution in [0.2, 0.25) is 0 Å². The van der Waals surface area contributed by atoms with E-state index in [1.807, 2.05) is 12.2 Å². The van der Waals surface area contributed by atoms with Crippen LogP contribution < -0.4 is 11.1 Å². The average molecular weight is 288 g/mol. The van der Waals surface area contributed by atoms with Gasteiger partial charge in [-0.25, -0.2) is 0 Å². The lowest BCUT2D eigenvalue weighted by Gasteiger charge is -2.15. The Morgan fingerprint density at radius 2 is 2.29 bits per heavy atom. The van der Waals surface area contributed by atoms with Crippen LogP contribution in [0.1, 0.15) is 29.9 Å². The van der Waals surface area contributed by atoms with Crippen molar-refractivity contribution in [3.8, 4) is 0 Å². The fraction of sp³-hybridized carbons (Fsp3) is 0.471. The fourth-order valence-corrected chi connectivity index (χ4v) is 2.34. The summed E-state index contributed by atoms with van der Waals surface area (Å²) in [6.07, 6.45) is 6.38. The summed E-state index contributed by atoms with van der Waals surface area (Å²) in [5.41, 5.74) is 7.89. The van der Waals surface area contributed by atoms with Crippen LogP contribution >= 0.6 is 0 Å². The molecule has 4 heteroatoms. The smallest absolute Gasteiger partial charge is 0.249 e. The number of carbonyl (C=O) groups is 1. The van der Waals surface area contributed by atoms with Crippen molar-refractivity contribution in [1.29, 1.82) is 0 Å². The van der Waals surface area contributed by atoms with Crippen LogP contribution in [0.4, 0.5) is 0 Å². The Labute approximate surface area is 126 Å². The Morgan fingerprint density at radius 1 is 1.48 bits per heavy atom. The van der Waals surface area contributed by atoms with E-state index in [9.17, 15) is 4.79 Å². The molecule has 0 radical (unpaired) electrons. The molecule has 1 aromatic rings. The molecule has 1 fully saturated rings. The summed E-state index contributed by atoms with van der Waals surface area (Å²) in [5.74, 6) is 0.636. The van der Waals surface area contributed by atoms with Crippen molar-refractivity contribution in [3.63, 3.8) is 0 Å². The van der Waals surface area contributed by atoms with E-state index in [1.165, 1.54) is 18.4 Å². The van der Waals surface area contributed by atoms with Gasteiger partial charge in [0.25, 0.3) is 0 Å². The van der Waals surface area contributed by atoms with Crippen LogP contribution in [0.3, 0.4) is 0 Å². The van der Waals surface area contributed by atoms with Gasteiger partial charge >= 0.3 is 0 Å². The Morgan fingerprint density at radius 3 is 2.95 bits per heavy atom. The summed E-state index contributed by atoms with van der Waals surface area (Å²) in [6, 6.07) is 8.49. The third-order valence-electron chi connectivity index (χ3n) is 3.69. The molecule has 0 heterocycles. The molecule has 21 heavy (non-hydrogen) atoms. The molecular formula is C17H24N2O2. The third-order valence-corrected chi connectivity index (χ3v) is 3.69. The molecule has 1 aliphatic carbocycles. The van der Waals surface area contributed by atoms with E-state index in [1.54, 1.807) is 7.11 Å². The maximum absolute atomic E-state index is 12.1. The van der Waals surface area contributed by atoms with Crippen LogP contribution in [0.15, 0.2) is 36.4 Å². The fourth-order valence-electron chi connectivity index (χ4n) is 2.34. The zero-order valence-corrected chi connectivity index (χ0v) is 12.5. The molecule has 1 atom stereocenters. The number of nitrogens with two attached hydrogens (primary N) is 1. The van der Waals surface area contributed by atoms with Gasteiger partial charge in [-0.2, -0.15) is 0 Å². The van der Waals surface area contributed by atoms with Crippen molar-refractivity contribution >= 4 is 5.91 Å². The van der Waals surface area contributed by atoms with Crippen molar-refractivity contribution < 1.29 is 9.53 Å². The van der Waals surface area contributed by atoms with Gasteiger partial charge in [-0.3, -0.25) is 4.79 Å². The topological polar surface area (TPSA) is 64.3 Å². The van der Waals surface area contributed by atoms with Crippen LogP contribution in [0.25, 0.3) is 0 Å². The molecule has 0 spiro atoms. The van der Waals surface area contributed by atoms with Gasteiger partial charge < -0.3 is 15.8 Å². The zero-order valence-electron chi connectivity index (χ0n) is 12.5. The van der Waals surface area contributed by atoms with Gasteiger partial charge in [0.15, 0.2) is 0 Å². The Kier molecular flexibility index (Phi) is 5.96. The normalized spacial score (nSPS) is 16.1. The molecule has 2 rings (SSSR count). The highest BCUT2D eigenvalue weighted by molar-refractivity contribution is 5.81. The molecule has 1 aromatic carbocycles. The minimum Gasteiger partial charge on any atom is -0.371 e. The monoisotopic (exact) mass is 288 g/mol. The second-order valence-electron chi connectivity index (χ2n) is 5.40. The summed E-state index contributed by atoms with van der Waals surface area (Å²) in [5, 5.41) is 2.83. The maximum atomic E-state index is 12.1. The molecule has 0 aliphatic heterocycles. The van der Waals surface area contributed by atoms with Gasteiger partial charge in [0, 0.05) is 26.6 Å². The quantitative estimate of drug-likeness (QED) is 0.716. The molecule has 3 N–H and O–H groups in total. The predicted molar refractivity (Wildman–Crippen MR) is 84.1 cm³/mol. The summed E-state index contributed by atoms with van der Waals surface area (Å²) in [7, 11) is 1.57. The van der Waals surface area contributed by atoms with Crippen LogP contribution in [-0.2, 0) is 16.0 Å². The number of carbonyl (C=O) groups excluding carboxylic acids is 1. The van der Waals surface area contributed by atoms with Crippen LogP contribution in [0, 0.1) is 0 Å². The first-order chi connectivity index (χ1) is 10.2. The molecule has 0 saturated heterocycles. The Balaban J connectivity index is 1.90. The van der Waals surface area contributed by atoms with Crippen molar-refractivity contribution in [2.45, 2.75) is 31.3 Å². The molecule has 1 unspecified atom stereocenters. The van der Waals surface area contributed by atoms with Gasteiger partial charge in [-0.15, -0.1) is 0 Å². The third kappa shape index (κ3) is 4.99. The van der Waals surface area contributed by atoms with E-state index < -0.39 is 6.10 Å². The second kappa shape index (κ2) is 7.96. The van der Waals surface area contributed by atoms with Crippen LogP contribution in [-0.4, -0.2) is 32.2 Å². The number of benzene rings is 1. The highest BCUT2D eigenvalue weighted by Crippen LogP contribution is 2.40. The first-order valence-corrected chi connectivity index (χ1v) is 7.49. The zero-order chi connectivity index (χ0) is 15.1.